The Bertz CT molecular complexity index is 2820. The third-order valence-corrected chi connectivity index (χ3v) is 19.0. The van der Waals surface area contributed by atoms with Gasteiger partial charge in [-0.2, -0.15) is 0 Å². The standard InChI is InChI=1S/C65H109N7O28/c1-25(2)35(57(87)70-45(26(3)4)38(78)19-30(10)61(91)92)20-39(79)46(27(5)6)69-56(86)29(9)18-37(77)32(12)67-58(88)36-16-15-17-72(36)60(90)47(28(7)8)71-59(89)44(66)33(13)95-62-48(68-34(14)76)54(50(83)42(23-74)96-62)98-63-52(85)55(51(84)43(24-75)97-63)100-65(64(93)94)21-40(80)31(11)53(99-65)49(82)41(81)22-73/h25-33,35-36,40-55,62-63,73-75,80-85H,15-24,66H2,1-14H3,(H,67,88)(H,68,76)(H,69,86)(H,70,87)(H,71,89)(H,91,92)(H,93,94)/t29-,30-,31-,32+,33-,35+,36+,40-,41-,42?,43?,44+,45+,46+,47+,48?,49-,50+,51+,52?,53?,54-,55+,62+,63+,65+/m1/s1. The van der Waals surface area contributed by atoms with Crippen LogP contribution in [0.15, 0.2) is 0 Å². The Hall–Kier alpha value is -5.87. The number of rotatable bonds is 37. The molecule has 100 heavy (non-hydrogen) atoms. The highest BCUT2D eigenvalue weighted by molar-refractivity contribution is 5.98. The van der Waals surface area contributed by atoms with Crippen molar-refractivity contribution < 1.29 is 137 Å². The highest BCUT2D eigenvalue weighted by atomic mass is 16.8. The van der Waals surface area contributed by atoms with Gasteiger partial charge in [-0.25, -0.2) is 4.79 Å². The fraction of sp³-hybridized carbons (Fsp3) is 0.831. The van der Waals surface area contributed by atoms with Crippen LogP contribution in [0.2, 0.25) is 0 Å². The molecule has 5 unspecified atom stereocenters. The number of likely N-dealkylation sites (tertiary alicyclic amines) is 1. The monoisotopic (exact) mass is 1440 g/mol. The lowest BCUT2D eigenvalue weighted by molar-refractivity contribution is -0.384. The molecule has 4 heterocycles. The number of carbonyl (C=O) groups excluding carboxylic acids is 9. The van der Waals surface area contributed by atoms with Crippen LogP contribution in [-0.4, -0.2) is 286 Å². The molecule has 26 atom stereocenters. The van der Waals surface area contributed by atoms with Crippen molar-refractivity contribution in [2.24, 2.45) is 53.1 Å². The first-order valence-electron chi connectivity index (χ1n) is 34.0. The Morgan fingerprint density at radius 1 is 0.640 bits per heavy atom. The van der Waals surface area contributed by atoms with Crippen molar-refractivity contribution in [1.82, 2.24) is 31.5 Å². The molecule has 4 fully saturated rings. The van der Waals surface area contributed by atoms with Crippen LogP contribution in [0.5, 0.6) is 0 Å². The maximum absolute atomic E-state index is 14.4. The second-order valence-corrected chi connectivity index (χ2v) is 28.3. The number of nitrogens with one attached hydrogen (secondary N) is 5. The lowest BCUT2D eigenvalue weighted by Gasteiger charge is -2.50. The topological polar surface area (TPSA) is 555 Å². The molecule has 572 valence electrons. The van der Waals surface area contributed by atoms with Crippen molar-refractivity contribution in [1.29, 1.82) is 0 Å². The summed E-state index contributed by atoms with van der Waals surface area (Å²) in [6.45, 7) is 18.3. The van der Waals surface area contributed by atoms with Crippen molar-refractivity contribution in [3.8, 4) is 0 Å². The maximum atomic E-state index is 14.4. The first kappa shape index (κ1) is 86.5. The Kier molecular flexibility index (Phi) is 32.9. The summed E-state index contributed by atoms with van der Waals surface area (Å²) in [5.41, 5.74) is 6.47. The number of carboxylic acids is 2. The second-order valence-electron chi connectivity index (χ2n) is 28.3. The van der Waals surface area contributed by atoms with Crippen molar-refractivity contribution in [2.75, 3.05) is 26.4 Å². The summed E-state index contributed by atoms with van der Waals surface area (Å²) in [7, 11) is 0. The first-order chi connectivity index (χ1) is 46.5. The fourth-order valence-corrected chi connectivity index (χ4v) is 12.4. The number of carboxylic acid groups (broad SMARTS) is 2. The van der Waals surface area contributed by atoms with Gasteiger partial charge in [-0.15, -0.1) is 0 Å². The quantitative estimate of drug-likeness (QED) is 0.0278. The lowest BCUT2D eigenvalue weighted by atomic mass is 9.84. The van der Waals surface area contributed by atoms with E-state index in [4.69, 9.17) is 34.2 Å². The largest absolute Gasteiger partial charge is 0.481 e. The minimum absolute atomic E-state index is 0.0539. The zero-order valence-electron chi connectivity index (χ0n) is 59.2. The molecule has 0 spiro atoms. The number of aliphatic carboxylic acids is 2. The molecule has 4 aliphatic heterocycles. The van der Waals surface area contributed by atoms with Gasteiger partial charge in [0.05, 0.1) is 62.2 Å². The molecule has 35 heteroatoms. The normalized spacial score (nSPS) is 30.5. The third kappa shape index (κ3) is 21.8. The van der Waals surface area contributed by atoms with Crippen molar-refractivity contribution >= 4 is 64.7 Å². The molecule has 6 amide bonds. The molecule has 0 aromatic heterocycles. The van der Waals surface area contributed by atoms with E-state index in [1.165, 1.54) is 39.5 Å². The molecule has 35 nitrogen and oxygen atoms in total. The number of hydrogen-bond acceptors (Lipinski definition) is 27. The zero-order chi connectivity index (χ0) is 76.0. The van der Waals surface area contributed by atoms with Gasteiger partial charge >= 0.3 is 11.9 Å². The van der Waals surface area contributed by atoms with E-state index in [9.17, 15) is 109 Å². The number of ether oxygens (including phenoxy) is 6. The Morgan fingerprint density at radius 3 is 1.67 bits per heavy atom. The SMILES string of the molecule is CC(=O)NC1[C@@H](O[C@H](C)[C@H](N)C(=O)N[C@H](C(=O)N2CCC[C@H]2C(=O)N[C@@H](C)C(=O)C[C@@H](C)C(=O)N[C@H](C(=O)C[C@H](C(=O)N[C@H](C(=O)C[C@@H](C)C(=O)O)C(C)C)C(C)C)C(C)C)C(C)C)OC(CO)[C@H](O)[C@@H]1O[C@@H]1OC(CO)[C@H](O)[C@H](O[C@]2(C(=O)O)C[C@@H](O)[C@@H](C)C([C@H](O)[C@H](O)CO)O2)C1O. The second kappa shape index (κ2) is 38.1. The summed E-state index contributed by atoms with van der Waals surface area (Å²) < 4.78 is 35.2. The van der Waals surface area contributed by atoms with E-state index >= 15 is 0 Å². The smallest absolute Gasteiger partial charge is 0.364 e. The number of amides is 6. The van der Waals surface area contributed by atoms with E-state index in [0.29, 0.717) is 6.42 Å². The van der Waals surface area contributed by atoms with Crippen molar-refractivity contribution in [3.05, 3.63) is 0 Å². The van der Waals surface area contributed by atoms with Gasteiger partial charge in [-0.05, 0) is 50.4 Å². The summed E-state index contributed by atoms with van der Waals surface area (Å²) in [4.78, 5) is 149. The first-order valence-corrected chi connectivity index (χ1v) is 34.0. The third-order valence-electron chi connectivity index (χ3n) is 19.0. The minimum atomic E-state index is -3.03. The van der Waals surface area contributed by atoms with Crippen LogP contribution in [-0.2, 0) is 81.2 Å². The van der Waals surface area contributed by atoms with Crippen LogP contribution in [0.25, 0.3) is 0 Å². The van der Waals surface area contributed by atoms with Crippen LogP contribution < -0.4 is 32.3 Å². The number of nitrogens with two attached hydrogens (primary N) is 1. The van der Waals surface area contributed by atoms with Crippen LogP contribution in [0, 0.1) is 47.3 Å². The Morgan fingerprint density at radius 2 is 1.16 bits per heavy atom. The summed E-state index contributed by atoms with van der Waals surface area (Å²) in [6, 6.07) is -9.14. The molecule has 4 rings (SSSR count). The average molecular weight is 1440 g/mol. The highest BCUT2D eigenvalue weighted by Crippen LogP contribution is 2.40. The predicted molar refractivity (Wildman–Crippen MR) is 345 cm³/mol. The predicted octanol–water partition coefficient (Wildman–Crippen LogP) is -4.78. The molecule has 0 saturated carbocycles. The number of ketones is 3. The number of carbonyl (C=O) groups is 11. The van der Waals surface area contributed by atoms with Crippen molar-refractivity contribution in [3.63, 3.8) is 0 Å². The average Bonchev–Trinajstić information content (AvgIpc) is 0.847. The van der Waals surface area contributed by atoms with Gasteiger partial charge in [0.2, 0.25) is 35.4 Å². The van der Waals surface area contributed by atoms with Gasteiger partial charge < -0.3 is 122 Å². The number of aliphatic hydroxyl groups is 9. The van der Waals surface area contributed by atoms with Gasteiger partial charge in [0.15, 0.2) is 29.9 Å². The lowest BCUT2D eigenvalue weighted by Crippen LogP contribution is -2.70. The van der Waals surface area contributed by atoms with E-state index in [0.717, 1.165) is 6.92 Å². The highest BCUT2D eigenvalue weighted by Gasteiger charge is 2.60. The zero-order valence-corrected chi connectivity index (χ0v) is 59.2. The molecular weight excluding hydrogens is 1330 g/mol. The van der Waals surface area contributed by atoms with Gasteiger partial charge in [-0.1, -0.05) is 76.2 Å². The minimum Gasteiger partial charge on any atom is -0.481 e. The fourth-order valence-electron chi connectivity index (χ4n) is 12.4. The number of Topliss-reactive ketones (excluding diaryl/α,β-unsaturated/α-hetero) is 3. The molecule has 18 N–H and O–H groups in total. The van der Waals surface area contributed by atoms with Crippen molar-refractivity contribution in [2.45, 2.75) is 269 Å². The molecule has 4 aliphatic rings. The van der Waals surface area contributed by atoms with E-state index in [1.807, 2.05) is 0 Å². The van der Waals surface area contributed by atoms with Crippen LogP contribution >= 0.6 is 0 Å². The summed E-state index contributed by atoms with van der Waals surface area (Å²) in [5.74, 6) is -18.1. The van der Waals surface area contributed by atoms with Crippen LogP contribution in [0.3, 0.4) is 0 Å². The Balaban J connectivity index is 1.44. The van der Waals surface area contributed by atoms with Crippen LogP contribution in [0.1, 0.15) is 135 Å². The molecule has 4 saturated heterocycles. The van der Waals surface area contributed by atoms with E-state index in [1.54, 1.807) is 55.4 Å². The van der Waals surface area contributed by atoms with E-state index < -0.39 is 279 Å². The maximum Gasteiger partial charge on any atom is 0.364 e. The Labute approximate surface area is 580 Å². The summed E-state index contributed by atoms with van der Waals surface area (Å²) >= 11 is 0. The summed E-state index contributed by atoms with van der Waals surface area (Å²) in [6.07, 6.45) is -28.1. The van der Waals surface area contributed by atoms with Gasteiger partial charge in [0.25, 0.3) is 5.79 Å². The number of aliphatic hydroxyl groups excluding tert-OH is 9. The molecule has 0 aromatic rings. The van der Waals surface area contributed by atoms with Gasteiger partial charge in [0.1, 0.15) is 79.1 Å². The van der Waals surface area contributed by atoms with Crippen LogP contribution in [0.4, 0.5) is 0 Å². The molecule has 0 aliphatic carbocycles. The molecule has 0 aromatic carbocycles. The number of nitrogens with zero attached hydrogens (tertiary/aromatic N) is 1. The summed E-state index contributed by atoms with van der Waals surface area (Å²) in [5, 5.41) is 130. The molecule has 0 radical (unpaired) electrons. The van der Waals surface area contributed by atoms with E-state index in [-0.39, 0.29) is 25.8 Å². The van der Waals surface area contributed by atoms with Gasteiger partial charge in [0, 0.05) is 56.9 Å². The van der Waals surface area contributed by atoms with E-state index in [2.05, 4.69) is 26.6 Å². The molecule has 0 bridgehead atoms. The van der Waals surface area contributed by atoms with Gasteiger partial charge in [-0.3, -0.25) is 47.9 Å². The number of hydrogen-bond donors (Lipinski definition) is 17. The molecular formula is C65H109N7O28.